The van der Waals surface area contributed by atoms with Crippen molar-refractivity contribution in [1.29, 1.82) is 0 Å². The molecule has 0 aliphatic rings. The molecule has 1 rings (SSSR count). The van der Waals surface area contributed by atoms with Crippen LogP contribution in [0.4, 0.5) is 4.39 Å². The molecule has 5 heteroatoms. The lowest BCUT2D eigenvalue weighted by atomic mass is 9.95. The van der Waals surface area contributed by atoms with Gasteiger partial charge in [0.25, 0.3) is 0 Å². The van der Waals surface area contributed by atoms with Crippen LogP contribution in [0.2, 0.25) is 0 Å². The Morgan fingerprint density at radius 2 is 2.10 bits per heavy atom. The zero-order valence-electron chi connectivity index (χ0n) is 12.3. The van der Waals surface area contributed by atoms with Crippen LogP contribution < -0.4 is 5.32 Å². The standard InChI is InChI=1S/C15H22FNO2S/c1-10(2)17-15(4,14(18)19)9-11(3)20-13-7-5-6-12(16)8-13/h5-8,10-11,17H,9H2,1-4H3,(H,18,19). The van der Waals surface area contributed by atoms with Crippen molar-refractivity contribution >= 4 is 17.7 Å². The van der Waals surface area contributed by atoms with E-state index < -0.39 is 11.5 Å². The van der Waals surface area contributed by atoms with Crippen molar-refractivity contribution in [2.24, 2.45) is 0 Å². The molecule has 0 bridgehead atoms. The number of hydrogen-bond acceptors (Lipinski definition) is 3. The Morgan fingerprint density at radius 3 is 2.60 bits per heavy atom. The monoisotopic (exact) mass is 299 g/mol. The van der Waals surface area contributed by atoms with Gasteiger partial charge < -0.3 is 5.11 Å². The summed E-state index contributed by atoms with van der Waals surface area (Å²) in [6.45, 7) is 7.49. The van der Waals surface area contributed by atoms with E-state index in [0.29, 0.717) is 6.42 Å². The Bertz CT molecular complexity index is 467. The highest BCUT2D eigenvalue weighted by atomic mass is 32.2. The van der Waals surface area contributed by atoms with Crippen molar-refractivity contribution in [3.8, 4) is 0 Å². The number of rotatable bonds is 7. The van der Waals surface area contributed by atoms with Crippen LogP contribution in [0.5, 0.6) is 0 Å². The summed E-state index contributed by atoms with van der Waals surface area (Å²) in [4.78, 5) is 12.3. The van der Waals surface area contributed by atoms with E-state index in [2.05, 4.69) is 5.32 Å². The average molecular weight is 299 g/mol. The quantitative estimate of drug-likeness (QED) is 0.756. The first-order valence-electron chi connectivity index (χ1n) is 6.66. The van der Waals surface area contributed by atoms with Crippen LogP contribution in [-0.4, -0.2) is 27.9 Å². The molecule has 0 heterocycles. The third kappa shape index (κ3) is 5.13. The topological polar surface area (TPSA) is 49.3 Å². The van der Waals surface area contributed by atoms with Crippen molar-refractivity contribution in [2.75, 3.05) is 0 Å². The van der Waals surface area contributed by atoms with Gasteiger partial charge in [0.15, 0.2) is 0 Å². The number of carboxylic acids is 1. The smallest absolute Gasteiger partial charge is 0.323 e. The average Bonchev–Trinajstić information content (AvgIpc) is 2.26. The first-order valence-corrected chi connectivity index (χ1v) is 7.54. The Labute approximate surface area is 124 Å². The maximum absolute atomic E-state index is 13.1. The Kier molecular flexibility index (Phi) is 6.02. The molecule has 0 radical (unpaired) electrons. The summed E-state index contributed by atoms with van der Waals surface area (Å²) in [5.41, 5.74) is -0.978. The molecular formula is C15H22FNO2S. The summed E-state index contributed by atoms with van der Waals surface area (Å²) in [5.74, 6) is -1.14. The van der Waals surface area contributed by atoms with Crippen LogP contribution in [-0.2, 0) is 4.79 Å². The van der Waals surface area contributed by atoms with Gasteiger partial charge in [-0.25, -0.2) is 4.39 Å². The number of carbonyl (C=O) groups is 1. The van der Waals surface area contributed by atoms with E-state index >= 15 is 0 Å². The minimum Gasteiger partial charge on any atom is -0.480 e. The number of halogens is 1. The van der Waals surface area contributed by atoms with Crippen molar-refractivity contribution in [1.82, 2.24) is 5.32 Å². The van der Waals surface area contributed by atoms with E-state index in [4.69, 9.17) is 0 Å². The molecule has 0 fully saturated rings. The lowest BCUT2D eigenvalue weighted by Crippen LogP contribution is -2.53. The van der Waals surface area contributed by atoms with Crippen LogP contribution in [0.3, 0.4) is 0 Å². The van der Waals surface area contributed by atoms with Gasteiger partial charge in [0.05, 0.1) is 0 Å². The highest BCUT2D eigenvalue weighted by Gasteiger charge is 2.35. The summed E-state index contributed by atoms with van der Waals surface area (Å²) in [5, 5.41) is 12.6. The minimum atomic E-state index is -0.978. The third-order valence-corrected chi connectivity index (χ3v) is 4.00. The van der Waals surface area contributed by atoms with E-state index in [9.17, 15) is 14.3 Å². The van der Waals surface area contributed by atoms with Gasteiger partial charge in [0.2, 0.25) is 0 Å². The number of hydrogen-bond donors (Lipinski definition) is 2. The Hall–Kier alpha value is -1.07. The van der Waals surface area contributed by atoms with Gasteiger partial charge in [0.1, 0.15) is 11.4 Å². The normalized spacial score (nSPS) is 15.9. The molecule has 0 saturated heterocycles. The number of aliphatic carboxylic acids is 1. The lowest BCUT2D eigenvalue weighted by Gasteiger charge is -2.31. The zero-order valence-corrected chi connectivity index (χ0v) is 13.1. The van der Waals surface area contributed by atoms with Crippen LogP contribution in [0.25, 0.3) is 0 Å². The highest BCUT2D eigenvalue weighted by molar-refractivity contribution is 7.99. The summed E-state index contributed by atoms with van der Waals surface area (Å²) < 4.78 is 13.1. The second kappa shape index (κ2) is 7.09. The largest absolute Gasteiger partial charge is 0.480 e. The maximum Gasteiger partial charge on any atom is 0.323 e. The number of nitrogens with one attached hydrogen (secondary N) is 1. The molecule has 0 aromatic heterocycles. The first-order chi connectivity index (χ1) is 9.23. The van der Waals surface area contributed by atoms with E-state index in [1.807, 2.05) is 26.8 Å². The third-order valence-electron chi connectivity index (χ3n) is 2.91. The van der Waals surface area contributed by atoms with Crippen LogP contribution >= 0.6 is 11.8 Å². The molecule has 0 saturated carbocycles. The van der Waals surface area contributed by atoms with Gasteiger partial charge in [0, 0.05) is 16.2 Å². The van der Waals surface area contributed by atoms with Gasteiger partial charge in [-0.1, -0.05) is 13.0 Å². The maximum atomic E-state index is 13.1. The first kappa shape index (κ1) is 17.0. The second-order valence-electron chi connectivity index (χ2n) is 5.53. The van der Waals surface area contributed by atoms with Crippen LogP contribution in [0.1, 0.15) is 34.1 Å². The summed E-state index contributed by atoms with van der Waals surface area (Å²) in [6.07, 6.45) is 0.460. The zero-order chi connectivity index (χ0) is 15.3. The van der Waals surface area contributed by atoms with Crippen molar-refractivity contribution in [3.05, 3.63) is 30.1 Å². The van der Waals surface area contributed by atoms with Gasteiger partial charge >= 0.3 is 5.97 Å². The van der Waals surface area contributed by atoms with E-state index in [-0.39, 0.29) is 17.1 Å². The van der Waals surface area contributed by atoms with Crippen molar-refractivity contribution < 1.29 is 14.3 Å². The van der Waals surface area contributed by atoms with Crippen molar-refractivity contribution in [3.63, 3.8) is 0 Å². The van der Waals surface area contributed by atoms with Gasteiger partial charge in [-0.2, -0.15) is 0 Å². The number of thioether (sulfide) groups is 1. The predicted octanol–water partition coefficient (Wildman–Crippen LogP) is 3.54. The van der Waals surface area contributed by atoms with Gasteiger partial charge in [-0.05, 0) is 45.4 Å². The highest BCUT2D eigenvalue weighted by Crippen LogP contribution is 2.29. The van der Waals surface area contributed by atoms with Crippen LogP contribution in [0, 0.1) is 5.82 Å². The lowest BCUT2D eigenvalue weighted by molar-refractivity contribution is -0.144. The van der Waals surface area contributed by atoms with Crippen molar-refractivity contribution in [2.45, 2.75) is 55.8 Å². The number of benzene rings is 1. The van der Waals surface area contributed by atoms with Gasteiger partial charge in [-0.15, -0.1) is 11.8 Å². The Balaban J connectivity index is 2.71. The fourth-order valence-corrected chi connectivity index (χ4v) is 3.45. The minimum absolute atomic E-state index is 0.0594. The molecular weight excluding hydrogens is 277 g/mol. The van der Waals surface area contributed by atoms with Crippen LogP contribution in [0.15, 0.2) is 29.2 Å². The molecule has 3 nitrogen and oxygen atoms in total. The molecule has 20 heavy (non-hydrogen) atoms. The molecule has 0 spiro atoms. The summed E-state index contributed by atoms with van der Waals surface area (Å²) in [6, 6.07) is 6.44. The molecule has 0 amide bonds. The SMILES string of the molecule is CC(C)NC(C)(CC(C)Sc1cccc(F)c1)C(=O)O. The Morgan fingerprint density at radius 1 is 1.45 bits per heavy atom. The fourth-order valence-electron chi connectivity index (χ4n) is 2.23. The molecule has 1 aromatic rings. The molecule has 0 aliphatic heterocycles. The molecule has 2 atom stereocenters. The predicted molar refractivity (Wildman–Crippen MR) is 80.6 cm³/mol. The van der Waals surface area contributed by atoms with E-state index in [0.717, 1.165) is 4.90 Å². The molecule has 112 valence electrons. The molecule has 0 aliphatic carbocycles. The van der Waals surface area contributed by atoms with E-state index in [1.54, 1.807) is 13.0 Å². The molecule has 2 unspecified atom stereocenters. The van der Waals surface area contributed by atoms with Gasteiger partial charge in [-0.3, -0.25) is 10.1 Å². The summed E-state index contributed by atoms with van der Waals surface area (Å²) >= 11 is 1.49. The fraction of sp³-hybridized carbons (Fsp3) is 0.533. The number of carboxylic acid groups (broad SMARTS) is 1. The molecule has 2 N–H and O–H groups in total. The second-order valence-corrected chi connectivity index (χ2v) is 7.04. The molecule has 1 aromatic carbocycles. The van der Waals surface area contributed by atoms with E-state index in [1.165, 1.54) is 23.9 Å². The summed E-state index contributed by atoms with van der Waals surface area (Å²) in [7, 11) is 0.